The van der Waals surface area contributed by atoms with Crippen LogP contribution >= 0.6 is 11.6 Å². The Balaban J connectivity index is 1.11. The molecular weight excluding hydrogens is 756 g/mol. The number of Topliss-reactive ketones (excluding diaryl/α,β-unsaturated/α-hetero) is 1. The molecule has 0 bridgehead atoms. The molecule has 5 saturated carbocycles. The van der Waals surface area contributed by atoms with E-state index in [-0.39, 0.29) is 74.4 Å². The van der Waals surface area contributed by atoms with E-state index in [1.54, 1.807) is 13.8 Å². The summed E-state index contributed by atoms with van der Waals surface area (Å²) >= 11 is 6.19. The number of allylic oxidation sites excluding steroid dienone is 4. The van der Waals surface area contributed by atoms with Crippen LogP contribution in [-0.4, -0.2) is 35.2 Å². The van der Waals surface area contributed by atoms with Crippen LogP contribution < -0.4 is 0 Å². The van der Waals surface area contributed by atoms with Crippen molar-refractivity contribution in [3.8, 4) is 0 Å². The van der Waals surface area contributed by atoms with Crippen LogP contribution in [-0.2, 0) is 34.1 Å². The Morgan fingerprint density at radius 2 is 1.49 bits per heavy atom. The van der Waals surface area contributed by atoms with Crippen molar-refractivity contribution in [1.82, 2.24) is 0 Å². The number of carbonyl (C=O) groups excluding carboxylic acids is 4. The fraction of sp³-hybridized carbons (Fsp3) is 0.731. The zero-order chi connectivity index (χ0) is 43.4. The fourth-order valence-corrected chi connectivity index (χ4v) is 14.4. The third-order valence-corrected chi connectivity index (χ3v) is 17.9. The first kappa shape index (κ1) is 44.3. The fourth-order valence-electron chi connectivity index (χ4n) is 14.3. The molecule has 6 aliphatic rings. The first-order valence-corrected chi connectivity index (χ1v) is 23.3. The molecule has 59 heavy (non-hydrogen) atoms. The van der Waals surface area contributed by atoms with Gasteiger partial charge in [-0.1, -0.05) is 78.3 Å². The summed E-state index contributed by atoms with van der Waals surface area (Å²) in [5, 5.41) is 0.711. The molecule has 7 heteroatoms. The third-order valence-electron chi connectivity index (χ3n) is 17.6. The summed E-state index contributed by atoms with van der Waals surface area (Å²) in [6.45, 7) is 25.8. The van der Waals surface area contributed by atoms with Gasteiger partial charge in [0, 0.05) is 34.1 Å². The smallest absolute Gasteiger partial charge is 0.312 e. The van der Waals surface area contributed by atoms with Crippen molar-refractivity contribution in [2.24, 2.45) is 56.2 Å². The van der Waals surface area contributed by atoms with Gasteiger partial charge in [-0.05, 0) is 174 Å². The second kappa shape index (κ2) is 14.7. The Bertz CT molecular complexity index is 1940. The van der Waals surface area contributed by atoms with E-state index in [9.17, 15) is 19.2 Å². The van der Waals surface area contributed by atoms with E-state index in [0.717, 1.165) is 69.8 Å². The second-order valence-corrected chi connectivity index (χ2v) is 24.0. The van der Waals surface area contributed by atoms with E-state index in [2.05, 4.69) is 66.7 Å². The Morgan fingerprint density at radius 1 is 0.831 bits per heavy atom. The first-order valence-electron chi connectivity index (χ1n) is 22.9. The van der Waals surface area contributed by atoms with Gasteiger partial charge in [0.1, 0.15) is 11.7 Å². The zero-order valence-corrected chi connectivity index (χ0v) is 39.1. The lowest BCUT2D eigenvalue weighted by atomic mass is 9.33. The normalized spacial score (nSPS) is 36.1. The number of esters is 2. The number of fused-ring (bicyclic) bond motifs is 7. The van der Waals surface area contributed by atoms with E-state index in [0.29, 0.717) is 35.6 Å². The molecule has 0 aromatic heterocycles. The molecule has 5 fully saturated rings. The predicted octanol–water partition coefficient (Wildman–Crippen LogP) is 12.5. The lowest BCUT2D eigenvalue weighted by Gasteiger charge is -2.72. The van der Waals surface area contributed by atoms with Gasteiger partial charge in [-0.3, -0.25) is 19.2 Å². The highest BCUT2D eigenvalue weighted by Crippen LogP contribution is 2.77. The van der Waals surface area contributed by atoms with E-state index in [1.165, 1.54) is 11.1 Å². The van der Waals surface area contributed by atoms with Crippen molar-refractivity contribution < 1.29 is 28.7 Å². The number of carbonyl (C=O) groups is 4. The second-order valence-electron chi connectivity index (χ2n) is 23.5. The summed E-state index contributed by atoms with van der Waals surface area (Å²) in [5.74, 6) is 1.05. The maximum atomic E-state index is 14.2. The van der Waals surface area contributed by atoms with Crippen molar-refractivity contribution in [2.75, 3.05) is 0 Å². The number of hydrogen-bond acceptors (Lipinski definition) is 6. The van der Waals surface area contributed by atoms with Gasteiger partial charge in [0.25, 0.3) is 0 Å². The molecule has 324 valence electrons. The molecule has 6 nitrogen and oxygen atoms in total. The Morgan fingerprint density at radius 3 is 2.10 bits per heavy atom. The molecule has 0 spiro atoms. The number of ether oxygens (including phenoxy) is 2. The Kier molecular flexibility index (Phi) is 11.0. The van der Waals surface area contributed by atoms with Crippen LogP contribution in [0.25, 0.3) is 0 Å². The quantitative estimate of drug-likeness (QED) is 0.172. The van der Waals surface area contributed by atoms with E-state index in [4.69, 9.17) is 21.1 Å². The van der Waals surface area contributed by atoms with Gasteiger partial charge < -0.3 is 9.47 Å². The third kappa shape index (κ3) is 7.43. The van der Waals surface area contributed by atoms with Crippen LogP contribution in [0.15, 0.2) is 47.6 Å². The van der Waals surface area contributed by atoms with Crippen molar-refractivity contribution in [3.05, 3.63) is 58.1 Å². The molecule has 8 atom stereocenters. The van der Waals surface area contributed by atoms with Crippen molar-refractivity contribution in [1.29, 1.82) is 0 Å². The summed E-state index contributed by atoms with van der Waals surface area (Å²) in [6, 6.07) is 7.99. The van der Waals surface area contributed by atoms with Crippen LogP contribution in [0.3, 0.4) is 0 Å². The molecule has 0 aliphatic heterocycles. The summed E-state index contributed by atoms with van der Waals surface area (Å²) in [4.78, 5) is 54.5. The number of rotatable bonds is 10. The summed E-state index contributed by atoms with van der Waals surface area (Å²) in [5.41, 5.74) is 1.44. The van der Waals surface area contributed by atoms with Crippen LogP contribution in [0.5, 0.6) is 0 Å². The average Bonchev–Trinajstić information content (AvgIpc) is 3.82. The van der Waals surface area contributed by atoms with Crippen molar-refractivity contribution in [3.63, 3.8) is 0 Å². The number of ketones is 2. The van der Waals surface area contributed by atoms with Crippen LogP contribution in [0.1, 0.15) is 172 Å². The molecular formula is C52H73ClO6. The van der Waals surface area contributed by atoms with Gasteiger partial charge in [0.2, 0.25) is 0 Å². The van der Waals surface area contributed by atoms with Gasteiger partial charge >= 0.3 is 11.9 Å². The largest absolute Gasteiger partial charge is 0.462 e. The monoisotopic (exact) mass is 829 g/mol. The van der Waals surface area contributed by atoms with Gasteiger partial charge in [-0.25, -0.2) is 0 Å². The molecule has 0 amide bonds. The van der Waals surface area contributed by atoms with E-state index < -0.39 is 11.0 Å². The molecule has 1 aromatic rings. The minimum Gasteiger partial charge on any atom is -0.462 e. The molecule has 0 saturated heterocycles. The molecule has 7 rings (SSSR count). The molecule has 0 heterocycles. The van der Waals surface area contributed by atoms with Gasteiger partial charge in [0.15, 0.2) is 11.6 Å². The standard InChI is InChI=1S/C52H73ClO6/c1-32(2)42-37(55)30-52(24-19-35(54)29-51(27-28-51)33-13-15-34(53)16-14-33)26-25-49(11)36(43(42)52)17-18-39-48(10)22-21-40(47(8,9)38(48)20-23-50(39,49)12)58-41(56)31-46(6,7)44(57)59-45(3,4)5/h13-16,19,24,32,36,38-40H,17-18,20-23,25-31H2,1-12H3/b24-19+/t36-,38+,39-,40+,48+,49-,50-,52+/m1/s1. The van der Waals surface area contributed by atoms with Crippen LogP contribution in [0, 0.1) is 56.2 Å². The highest BCUT2D eigenvalue weighted by Gasteiger charge is 2.70. The molecule has 0 N–H and O–H groups in total. The Hall–Kier alpha value is -2.73. The van der Waals surface area contributed by atoms with Crippen LogP contribution in [0.2, 0.25) is 5.02 Å². The van der Waals surface area contributed by atoms with E-state index in [1.807, 2.05) is 39.0 Å². The predicted molar refractivity (Wildman–Crippen MR) is 235 cm³/mol. The average molecular weight is 830 g/mol. The maximum Gasteiger partial charge on any atom is 0.312 e. The highest BCUT2D eigenvalue weighted by atomic mass is 35.5. The summed E-state index contributed by atoms with van der Waals surface area (Å²) in [6.07, 6.45) is 14.9. The topological polar surface area (TPSA) is 86.7 Å². The van der Waals surface area contributed by atoms with Gasteiger partial charge in [0.05, 0.1) is 11.8 Å². The van der Waals surface area contributed by atoms with Crippen LogP contribution in [0.4, 0.5) is 0 Å². The highest BCUT2D eigenvalue weighted by molar-refractivity contribution is 6.30. The Labute approximate surface area is 360 Å². The minimum absolute atomic E-state index is 0.0113. The molecule has 0 radical (unpaired) electrons. The SMILES string of the molecule is CC(C)C1=C2[C@H]3CC[C@@H]4[C@@]5(C)CC[C@H](OC(=O)CC(C)(C)C(=O)OC(C)(C)C)C(C)(C)[C@@H]5CC[C@@]4(C)[C@]3(C)CC[C@@]2(/C=C/C(=O)CC2(c3ccc(Cl)cc3)CC2)CC1=O. The van der Waals surface area contributed by atoms with Crippen molar-refractivity contribution >= 4 is 35.1 Å². The summed E-state index contributed by atoms with van der Waals surface area (Å²) < 4.78 is 12.0. The molecule has 1 aromatic carbocycles. The number of hydrogen-bond donors (Lipinski definition) is 0. The lowest BCUT2D eigenvalue weighted by molar-refractivity contribution is -0.232. The molecule has 0 unspecified atom stereocenters. The molecule has 6 aliphatic carbocycles. The van der Waals surface area contributed by atoms with Gasteiger partial charge in [-0.2, -0.15) is 0 Å². The number of halogens is 1. The van der Waals surface area contributed by atoms with E-state index >= 15 is 0 Å². The summed E-state index contributed by atoms with van der Waals surface area (Å²) in [7, 11) is 0. The van der Waals surface area contributed by atoms with Gasteiger partial charge in [-0.15, -0.1) is 0 Å². The maximum absolute atomic E-state index is 14.2. The minimum atomic E-state index is -0.979. The van der Waals surface area contributed by atoms with Crippen molar-refractivity contribution in [2.45, 2.75) is 184 Å². The number of benzene rings is 1. The first-order chi connectivity index (χ1) is 27.2. The lowest BCUT2D eigenvalue weighted by Crippen LogP contribution is -2.65. The zero-order valence-electron chi connectivity index (χ0n) is 38.4.